The summed E-state index contributed by atoms with van der Waals surface area (Å²) in [6, 6.07) is 0. The van der Waals surface area contributed by atoms with Gasteiger partial charge in [-0.05, 0) is 35.1 Å². The Bertz CT molecular complexity index is 441. The third-order valence-electron chi connectivity index (χ3n) is 2.30. The Morgan fingerprint density at radius 2 is 2.28 bits per heavy atom. The van der Waals surface area contributed by atoms with Crippen LogP contribution >= 0.6 is 22.6 Å². The zero-order valence-corrected chi connectivity index (χ0v) is 11.9. The van der Waals surface area contributed by atoms with Crippen molar-refractivity contribution >= 4 is 28.6 Å². The van der Waals surface area contributed by atoms with Gasteiger partial charge in [0, 0.05) is 21.9 Å². The number of esters is 1. The second-order valence-electron chi connectivity index (χ2n) is 3.43. The SMILES string of the molecule is CCOC(=O)Cc1c(CN)ncc(I)c1C(F)F. The molecular formula is C11H13F2IN2O2. The van der Waals surface area contributed by atoms with Crippen LogP contribution in [0.15, 0.2) is 6.20 Å². The van der Waals surface area contributed by atoms with Gasteiger partial charge in [0.05, 0.1) is 18.7 Å². The van der Waals surface area contributed by atoms with Crippen LogP contribution in [0.5, 0.6) is 0 Å². The Morgan fingerprint density at radius 1 is 1.61 bits per heavy atom. The standard InChI is InChI=1S/C11H13F2IN2O2/c1-2-18-9(17)3-6-8(4-15)16-5-7(14)10(6)11(12)13/h5,11H,2-4,15H2,1H3. The Balaban J connectivity index is 3.19. The number of carbonyl (C=O) groups is 1. The number of rotatable bonds is 5. The summed E-state index contributed by atoms with van der Waals surface area (Å²) in [5, 5.41) is 0. The van der Waals surface area contributed by atoms with Crippen LogP contribution in [0.1, 0.15) is 30.2 Å². The van der Waals surface area contributed by atoms with E-state index in [4.69, 9.17) is 10.5 Å². The normalized spacial score (nSPS) is 10.8. The van der Waals surface area contributed by atoms with Gasteiger partial charge in [-0.3, -0.25) is 9.78 Å². The van der Waals surface area contributed by atoms with Crippen molar-refractivity contribution in [3.05, 3.63) is 26.6 Å². The van der Waals surface area contributed by atoms with Crippen molar-refractivity contribution in [3.8, 4) is 0 Å². The smallest absolute Gasteiger partial charge is 0.310 e. The first-order valence-corrected chi connectivity index (χ1v) is 6.39. The largest absolute Gasteiger partial charge is 0.466 e. The molecule has 0 bridgehead atoms. The van der Waals surface area contributed by atoms with Gasteiger partial charge in [-0.1, -0.05) is 0 Å². The number of halogens is 3. The molecule has 0 saturated heterocycles. The van der Waals surface area contributed by atoms with E-state index in [1.165, 1.54) is 6.20 Å². The highest BCUT2D eigenvalue weighted by atomic mass is 127. The monoisotopic (exact) mass is 370 g/mol. The van der Waals surface area contributed by atoms with E-state index in [9.17, 15) is 13.6 Å². The van der Waals surface area contributed by atoms with Gasteiger partial charge < -0.3 is 10.5 Å². The van der Waals surface area contributed by atoms with E-state index in [-0.39, 0.29) is 30.7 Å². The first-order chi connectivity index (χ1) is 8.51. The number of nitrogens with zero attached hydrogens (tertiary/aromatic N) is 1. The van der Waals surface area contributed by atoms with E-state index in [1.54, 1.807) is 29.5 Å². The Kier molecular flexibility index (Phi) is 5.86. The van der Waals surface area contributed by atoms with Crippen LogP contribution in [-0.2, 0) is 22.5 Å². The van der Waals surface area contributed by atoms with Crippen LogP contribution in [-0.4, -0.2) is 17.6 Å². The zero-order valence-electron chi connectivity index (χ0n) is 9.75. The highest BCUT2D eigenvalue weighted by molar-refractivity contribution is 14.1. The van der Waals surface area contributed by atoms with Gasteiger partial charge in [-0.15, -0.1) is 0 Å². The van der Waals surface area contributed by atoms with Crippen LogP contribution in [0.2, 0.25) is 0 Å². The van der Waals surface area contributed by atoms with Crippen molar-refractivity contribution in [2.75, 3.05) is 6.61 Å². The van der Waals surface area contributed by atoms with Crippen LogP contribution in [0.3, 0.4) is 0 Å². The third-order valence-corrected chi connectivity index (χ3v) is 3.16. The summed E-state index contributed by atoms with van der Waals surface area (Å²) in [6.07, 6.45) is -1.57. The lowest BCUT2D eigenvalue weighted by molar-refractivity contribution is -0.142. The van der Waals surface area contributed by atoms with Crippen LogP contribution in [0.4, 0.5) is 8.78 Å². The van der Waals surface area contributed by atoms with Crippen molar-refractivity contribution in [2.45, 2.75) is 26.3 Å². The molecule has 100 valence electrons. The first-order valence-electron chi connectivity index (χ1n) is 5.31. The molecule has 1 rings (SSSR count). The van der Waals surface area contributed by atoms with Gasteiger partial charge in [-0.2, -0.15) is 0 Å². The summed E-state index contributed by atoms with van der Waals surface area (Å²) in [7, 11) is 0. The van der Waals surface area contributed by atoms with Gasteiger partial charge in [-0.25, -0.2) is 8.78 Å². The Morgan fingerprint density at radius 3 is 2.78 bits per heavy atom. The number of pyridine rings is 1. The van der Waals surface area contributed by atoms with E-state index < -0.39 is 12.4 Å². The molecule has 0 aliphatic heterocycles. The molecule has 4 nitrogen and oxygen atoms in total. The molecule has 0 fully saturated rings. The molecule has 0 aromatic carbocycles. The molecule has 0 aliphatic rings. The van der Waals surface area contributed by atoms with Gasteiger partial charge >= 0.3 is 5.97 Å². The molecule has 0 aliphatic carbocycles. The molecule has 18 heavy (non-hydrogen) atoms. The predicted molar refractivity (Wildman–Crippen MR) is 70.1 cm³/mol. The highest BCUT2D eigenvalue weighted by Crippen LogP contribution is 2.29. The van der Waals surface area contributed by atoms with E-state index in [0.717, 1.165) is 0 Å². The molecule has 0 spiro atoms. The minimum Gasteiger partial charge on any atom is -0.466 e. The van der Waals surface area contributed by atoms with E-state index >= 15 is 0 Å². The van der Waals surface area contributed by atoms with Gasteiger partial charge in [0.25, 0.3) is 6.43 Å². The molecule has 0 saturated carbocycles. The molecule has 1 heterocycles. The van der Waals surface area contributed by atoms with E-state index in [2.05, 4.69) is 4.98 Å². The minimum absolute atomic E-state index is 0.00534. The molecule has 0 amide bonds. The molecule has 2 N–H and O–H groups in total. The zero-order chi connectivity index (χ0) is 13.7. The summed E-state index contributed by atoms with van der Waals surface area (Å²) >= 11 is 1.77. The van der Waals surface area contributed by atoms with Crippen molar-refractivity contribution in [2.24, 2.45) is 5.73 Å². The maximum absolute atomic E-state index is 13.0. The van der Waals surface area contributed by atoms with Crippen molar-refractivity contribution in [1.29, 1.82) is 0 Å². The maximum atomic E-state index is 13.0. The first kappa shape index (κ1) is 15.2. The fraction of sp³-hybridized carbons (Fsp3) is 0.455. The summed E-state index contributed by atoms with van der Waals surface area (Å²) in [6.45, 7) is 1.87. The number of alkyl halides is 2. The lowest BCUT2D eigenvalue weighted by Gasteiger charge is -2.13. The maximum Gasteiger partial charge on any atom is 0.310 e. The van der Waals surface area contributed by atoms with Crippen LogP contribution in [0.25, 0.3) is 0 Å². The number of ether oxygens (including phenoxy) is 1. The minimum atomic E-state index is -2.67. The highest BCUT2D eigenvalue weighted by Gasteiger charge is 2.22. The third kappa shape index (κ3) is 3.58. The fourth-order valence-corrected chi connectivity index (χ4v) is 2.25. The van der Waals surface area contributed by atoms with Crippen molar-refractivity contribution < 1.29 is 18.3 Å². The van der Waals surface area contributed by atoms with Gasteiger partial charge in [0.2, 0.25) is 0 Å². The second kappa shape index (κ2) is 6.93. The molecule has 1 aromatic heterocycles. The predicted octanol–water partition coefficient (Wildman–Crippen LogP) is 2.19. The molecule has 7 heteroatoms. The molecular weight excluding hydrogens is 357 g/mol. The summed E-state index contributed by atoms with van der Waals surface area (Å²) < 4.78 is 31.1. The molecule has 0 unspecified atom stereocenters. The van der Waals surface area contributed by atoms with E-state index in [0.29, 0.717) is 9.26 Å². The quantitative estimate of drug-likeness (QED) is 0.638. The topological polar surface area (TPSA) is 65.2 Å². The summed E-state index contributed by atoms with van der Waals surface area (Å²) in [5.41, 5.74) is 5.76. The summed E-state index contributed by atoms with van der Waals surface area (Å²) in [5.74, 6) is -0.557. The number of aromatic nitrogens is 1. The number of carbonyl (C=O) groups excluding carboxylic acids is 1. The Hall–Kier alpha value is -0.830. The lowest BCUT2D eigenvalue weighted by atomic mass is 10.0. The number of hydrogen-bond acceptors (Lipinski definition) is 4. The summed E-state index contributed by atoms with van der Waals surface area (Å²) in [4.78, 5) is 15.4. The molecule has 0 radical (unpaired) electrons. The van der Waals surface area contributed by atoms with Gasteiger partial charge in [0.15, 0.2) is 0 Å². The average molecular weight is 370 g/mol. The van der Waals surface area contributed by atoms with Crippen LogP contribution < -0.4 is 5.73 Å². The van der Waals surface area contributed by atoms with Crippen molar-refractivity contribution in [3.63, 3.8) is 0 Å². The van der Waals surface area contributed by atoms with Crippen LogP contribution in [0, 0.1) is 3.57 Å². The second-order valence-corrected chi connectivity index (χ2v) is 4.59. The molecule has 1 aromatic rings. The van der Waals surface area contributed by atoms with Gasteiger partial charge in [0.1, 0.15) is 0 Å². The van der Waals surface area contributed by atoms with E-state index in [1.807, 2.05) is 0 Å². The van der Waals surface area contributed by atoms with Crippen molar-refractivity contribution in [1.82, 2.24) is 4.98 Å². The Labute approximate surface area is 117 Å². The number of hydrogen-bond donors (Lipinski definition) is 1. The fourth-order valence-electron chi connectivity index (χ4n) is 1.55. The molecule has 0 atom stereocenters. The average Bonchev–Trinajstić information content (AvgIpc) is 2.29. The number of nitrogens with two attached hydrogens (primary N) is 1. The lowest BCUT2D eigenvalue weighted by Crippen LogP contribution is -2.15.